The molecule has 0 saturated heterocycles. The minimum atomic E-state index is -0.379. The zero-order chi connectivity index (χ0) is 25.3. The number of hydrogen-bond donors (Lipinski definition) is 1. The first kappa shape index (κ1) is 21.1. The van der Waals surface area contributed by atoms with Crippen LogP contribution in [-0.2, 0) is 5.41 Å². The van der Waals surface area contributed by atoms with Crippen LogP contribution in [0.3, 0.4) is 0 Å². The van der Waals surface area contributed by atoms with E-state index in [-0.39, 0.29) is 11.4 Å². The molecule has 1 aromatic heterocycles. The molecular weight excluding hydrogens is 462 g/mol. The van der Waals surface area contributed by atoms with Crippen molar-refractivity contribution in [1.29, 1.82) is 0 Å². The van der Waals surface area contributed by atoms with Crippen LogP contribution in [0.15, 0.2) is 127 Å². The van der Waals surface area contributed by atoms with Gasteiger partial charge in [-0.3, -0.25) is 0 Å². The summed E-state index contributed by atoms with van der Waals surface area (Å²) in [6, 6.07) is 45.5. The molecule has 0 bridgehead atoms. The van der Waals surface area contributed by atoms with E-state index in [1.54, 1.807) is 0 Å². The van der Waals surface area contributed by atoms with Crippen molar-refractivity contribution in [3.8, 4) is 44.8 Å². The molecule has 8 rings (SSSR count). The number of anilines is 1. The Balaban J connectivity index is 1.42. The standard InChI is InChI=1S/C35H23N3/c36-34-37-32(22-10-2-1-3-11-22)21-33(38-34)23-18-19-27-26-14-6-9-17-30(26)35(31(27)20-23)28-15-7-4-12-24(28)25-13-5-8-16-29(25)35/h1-21H,(H2,36,37,38). The van der Waals surface area contributed by atoms with Gasteiger partial charge in [0.25, 0.3) is 0 Å². The van der Waals surface area contributed by atoms with Crippen LogP contribution in [0.25, 0.3) is 44.8 Å². The highest BCUT2D eigenvalue weighted by Gasteiger charge is 2.51. The SMILES string of the molecule is Nc1nc(-c2ccccc2)cc(-c2ccc3c(c2)C2(c4ccccc4-c4ccccc42)c2ccccc2-3)n1. The number of rotatable bonds is 2. The molecule has 1 spiro atoms. The molecule has 38 heavy (non-hydrogen) atoms. The van der Waals surface area contributed by atoms with Gasteiger partial charge in [0.1, 0.15) is 0 Å². The largest absolute Gasteiger partial charge is 0.368 e. The number of nitrogen functional groups attached to an aromatic ring is 1. The molecule has 2 N–H and O–H groups in total. The van der Waals surface area contributed by atoms with Crippen molar-refractivity contribution in [1.82, 2.24) is 9.97 Å². The van der Waals surface area contributed by atoms with E-state index in [9.17, 15) is 0 Å². The van der Waals surface area contributed by atoms with Crippen molar-refractivity contribution in [2.24, 2.45) is 0 Å². The van der Waals surface area contributed by atoms with E-state index in [4.69, 9.17) is 5.73 Å². The lowest BCUT2D eigenvalue weighted by Gasteiger charge is -2.30. The minimum Gasteiger partial charge on any atom is -0.368 e. The van der Waals surface area contributed by atoms with Gasteiger partial charge in [0.15, 0.2) is 0 Å². The van der Waals surface area contributed by atoms with Gasteiger partial charge in [-0.05, 0) is 56.6 Å². The first-order valence-corrected chi connectivity index (χ1v) is 12.9. The predicted octanol–water partition coefficient (Wildman–Crippen LogP) is 7.74. The molecule has 5 aromatic carbocycles. The highest BCUT2D eigenvalue weighted by molar-refractivity contribution is 5.95. The summed E-state index contributed by atoms with van der Waals surface area (Å²) in [6.45, 7) is 0. The molecule has 0 unspecified atom stereocenters. The molecule has 6 aromatic rings. The van der Waals surface area contributed by atoms with Crippen LogP contribution in [0.5, 0.6) is 0 Å². The molecule has 3 nitrogen and oxygen atoms in total. The Morgan fingerprint density at radius 1 is 0.421 bits per heavy atom. The van der Waals surface area contributed by atoms with Crippen LogP contribution in [0.2, 0.25) is 0 Å². The molecule has 0 saturated carbocycles. The lowest BCUT2D eigenvalue weighted by atomic mass is 9.70. The van der Waals surface area contributed by atoms with Crippen LogP contribution in [0.4, 0.5) is 5.95 Å². The summed E-state index contributed by atoms with van der Waals surface area (Å²) in [7, 11) is 0. The van der Waals surface area contributed by atoms with Crippen molar-refractivity contribution in [3.63, 3.8) is 0 Å². The maximum absolute atomic E-state index is 6.24. The summed E-state index contributed by atoms with van der Waals surface area (Å²) >= 11 is 0. The Labute approximate surface area is 221 Å². The Kier molecular flexibility index (Phi) is 4.30. The predicted molar refractivity (Wildman–Crippen MR) is 154 cm³/mol. The molecule has 0 atom stereocenters. The maximum Gasteiger partial charge on any atom is 0.221 e. The molecule has 0 aliphatic heterocycles. The number of aromatic nitrogens is 2. The third kappa shape index (κ3) is 2.73. The summed E-state index contributed by atoms with van der Waals surface area (Å²) in [4.78, 5) is 9.21. The molecule has 3 heteroatoms. The van der Waals surface area contributed by atoms with Gasteiger partial charge in [-0.1, -0.05) is 115 Å². The van der Waals surface area contributed by atoms with Gasteiger partial charge < -0.3 is 5.73 Å². The van der Waals surface area contributed by atoms with E-state index in [0.717, 1.165) is 22.5 Å². The Morgan fingerprint density at radius 2 is 0.895 bits per heavy atom. The van der Waals surface area contributed by atoms with Gasteiger partial charge in [0, 0.05) is 11.1 Å². The van der Waals surface area contributed by atoms with E-state index in [0.29, 0.717) is 0 Å². The van der Waals surface area contributed by atoms with Gasteiger partial charge in [-0.25, -0.2) is 9.97 Å². The van der Waals surface area contributed by atoms with Gasteiger partial charge >= 0.3 is 0 Å². The first-order valence-electron chi connectivity index (χ1n) is 12.9. The van der Waals surface area contributed by atoms with E-state index in [1.807, 2.05) is 36.4 Å². The summed E-state index contributed by atoms with van der Waals surface area (Å²) in [6.07, 6.45) is 0. The van der Waals surface area contributed by atoms with E-state index < -0.39 is 0 Å². The zero-order valence-electron chi connectivity index (χ0n) is 20.6. The van der Waals surface area contributed by atoms with Crippen molar-refractivity contribution in [2.45, 2.75) is 5.41 Å². The van der Waals surface area contributed by atoms with Crippen molar-refractivity contribution in [2.75, 3.05) is 5.73 Å². The quantitative estimate of drug-likeness (QED) is 0.272. The van der Waals surface area contributed by atoms with Crippen molar-refractivity contribution >= 4 is 5.95 Å². The van der Waals surface area contributed by atoms with Gasteiger partial charge in [-0.15, -0.1) is 0 Å². The van der Waals surface area contributed by atoms with Crippen LogP contribution >= 0.6 is 0 Å². The third-order valence-corrected chi connectivity index (χ3v) is 8.11. The fourth-order valence-electron chi connectivity index (χ4n) is 6.62. The number of nitrogens with two attached hydrogens (primary N) is 1. The second-order valence-corrected chi connectivity index (χ2v) is 10.0. The second kappa shape index (κ2) is 7.74. The first-order chi connectivity index (χ1) is 18.7. The number of fused-ring (bicyclic) bond motifs is 10. The average Bonchev–Trinajstić information content (AvgIpc) is 3.44. The van der Waals surface area contributed by atoms with E-state index in [1.165, 1.54) is 44.5 Å². The molecule has 0 fully saturated rings. The molecule has 2 aliphatic rings. The normalized spacial score (nSPS) is 13.6. The Hall–Kier alpha value is -5.02. The van der Waals surface area contributed by atoms with Crippen LogP contribution in [0, 0.1) is 0 Å². The summed E-state index contributed by atoms with van der Waals surface area (Å²) in [5.41, 5.74) is 20.0. The van der Waals surface area contributed by atoms with Gasteiger partial charge in [0.05, 0.1) is 16.8 Å². The lowest BCUT2D eigenvalue weighted by Crippen LogP contribution is -2.25. The summed E-state index contributed by atoms with van der Waals surface area (Å²) in [5.74, 6) is 0.274. The van der Waals surface area contributed by atoms with Gasteiger partial charge in [-0.2, -0.15) is 0 Å². The monoisotopic (exact) mass is 485 g/mol. The minimum absolute atomic E-state index is 0.274. The zero-order valence-corrected chi connectivity index (χ0v) is 20.6. The summed E-state index contributed by atoms with van der Waals surface area (Å²) in [5, 5.41) is 0. The van der Waals surface area contributed by atoms with Crippen LogP contribution in [-0.4, -0.2) is 9.97 Å². The molecule has 2 aliphatic carbocycles. The van der Waals surface area contributed by atoms with Crippen molar-refractivity contribution in [3.05, 3.63) is 150 Å². The number of hydrogen-bond acceptors (Lipinski definition) is 3. The van der Waals surface area contributed by atoms with Crippen LogP contribution < -0.4 is 5.73 Å². The molecule has 0 amide bonds. The summed E-state index contributed by atoms with van der Waals surface area (Å²) < 4.78 is 0. The Bertz CT molecular complexity index is 1820. The highest BCUT2D eigenvalue weighted by atomic mass is 15.0. The number of nitrogens with zero attached hydrogens (tertiary/aromatic N) is 2. The van der Waals surface area contributed by atoms with Crippen molar-refractivity contribution < 1.29 is 0 Å². The molecular formula is C35H23N3. The van der Waals surface area contributed by atoms with Gasteiger partial charge in [0.2, 0.25) is 5.95 Å². The van der Waals surface area contributed by atoms with Crippen LogP contribution in [0.1, 0.15) is 22.3 Å². The molecule has 1 heterocycles. The lowest BCUT2D eigenvalue weighted by molar-refractivity contribution is 0.794. The molecule has 178 valence electrons. The topological polar surface area (TPSA) is 51.8 Å². The second-order valence-electron chi connectivity index (χ2n) is 10.0. The fourth-order valence-corrected chi connectivity index (χ4v) is 6.62. The average molecular weight is 486 g/mol. The Morgan fingerprint density at radius 3 is 1.47 bits per heavy atom. The maximum atomic E-state index is 6.24. The smallest absolute Gasteiger partial charge is 0.221 e. The highest BCUT2D eigenvalue weighted by Crippen LogP contribution is 2.62. The van der Waals surface area contributed by atoms with E-state index in [2.05, 4.69) is 101 Å². The number of benzene rings is 5. The fraction of sp³-hybridized carbons (Fsp3) is 0.0286. The van der Waals surface area contributed by atoms with E-state index >= 15 is 0 Å². The third-order valence-electron chi connectivity index (χ3n) is 8.11. The molecule has 0 radical (unpaired) electrons.